The molecule has 0 N–H and O–H groups in total. The van der Waals surface area contributed by atoms with Gasteiger partial charge in [-0.15, -0.1) is 5.10 Å². The molecule has 1 aromatic heterocycles. The van der Waals surface area contributed by atoms with Crippen LogP contribution in [-0.2, 0) is 4.74 Å². The molecule has 0 bridgehead atoms. The molecule has 0 radical (unpaired) electrons. The summed E-state index contributed by atoms with van der Waals surface area (Å²) in [4.78, 5) is 29.9. The molecule has 0 saturated carbocycles. The number of halogens is 1. The molecule has 1 heterocycles. The summed E-state index contributed by atoms with van der Waals surface area (Å²) in [5, 5.41) is 4.34. The van der Waals surface area contributed by atoms with Gasteiger partial charge in [-0.05, 0) is 66.6 Å². The quantitative estimate of drug-likeness (QED) is 0.170. The maximum atomic E-state index is 13.5. The second kappa shape index (κ2) is 11.5. The van der Waals surface area contributed by atoms with Crippen LogP contribution in [0.1, 0.15) is 27.9 Å². The van der Waals surface area contributed by atoms with Crippen LogP contribution in [0.2, 0.25) is 0 Å². The minimum absolute atomic E-state index is 0.226. The number of nitrogens with zero attached hydrogens (tertiary/aromatic N) is 3. The Hall–Kier alpha value is -5.11. The molecule has 0 aliphatic heterocycles. The number of carbonyl (C=O) groups is 2. The first-order valence-corrected chi connectivity index (χ1v) is 12.3. The van der Waals surface area contributed by atoms with Crippen molar-refractivity contribution in [2.75, 3.05) is 13.2 Å². The third kappa shape index (κ3) is 5.91. The Morgan fingerprint density at radius 3 is 2.10 bits per heavy atom. The number of carbonyl (C=O) groups excluding carboxylic acids is 2. The molecule has 0 aliphatic rings. The Balaban J connectivity index is 1.34. The molecule has 0 fully saturated rings. The lowest BCUT2D eigenvalue weighted by molar-refractivity contribution is 0.0462. The summed E-state index contributed by atoms with van der Waals surface area (Å²) in [6, 6.07) is 29.7. The minimum atomic E-state index is -0.850. The van der Waals surface area contributed by atoms with Crippen molar-refractivity contribution in [3.8, 4) is 34.0 Å². The van der Waals surface area contributed by atoms with Crippen LogP contribution in [0.5, 0.6) is 5.75 Å². The molecule has 0 saturated heterocycles. The third-order valence-electron chi connectivity index (χ3n) is 5.93. The van der Waals surface area contributed by atoms with Crippen molar-refractivity contribution in [2.24, 2.45) is 0 Å². The summed E-state index contributed by atoms with van der Waals surface area (Å²) >= 11 is 0. The molecule has 5 rings (SSSR count). The van der Waals surface area contributed by atoms with Gasteiger partial charge in [0.1, 0.15) is 11.6 Å². The number of esters is 1. The van der Waals surface area contributed by atoms with Crippen LogP contribution in [0.4, 0.5) is 4.39 Å². The number of aromatic nitrogens is 3. The average molecular weight is 522 g/mol. The molecular weight excluding hydrogens is 497 g/mol. The summed E-state index contributed by atoms with van der Waals surface area (Å²) in [6.07, 6.45) is 0. The zero-order chi connectivity index (χ0) is 27.2. The number of hydrogen-bond donors (Lipinski definition) is 0. The molecule has 4 aromatic carbocycles. The average Bonchev–Trinajstić information content (AvgIpc) is 3.43. The molecule has 8 heteroatoms. The number of benzene rings is 4. The van der Waals surface area contributed by atoms with Crippen LogP contribution in [0.25, 0.3) is 28.2 Å². The Morgan fingerprint density at radius 2 is 1.44 bits per heavy atom. The Bertz CT molecular complexity index is 1580. The van der Waals surface area contributed by atoms with E-state index in [9.17, 15) is 14.0 Å². The van der Waals surface area contributed by atoms with Crippen LogP contribution < -0.4 is 4.74 Å². The van der Waals surface area contributed by atoms with Crippen molar-refractivity contribution < 1.29 is 23.5 Å². The highest BCUT2D eigenvalue weighted by molar-refractivity contribution is 5.99. The predicted octanol–water partition coefficient (Wildman–Crippen LogP) is 6.18. The number of Topliss-reactive ketones (excluding diaryl/α,β-unsaturated/α-hetero) is 1. The molecule has 39 heavy (non-hydrogen) atoms. The van der Waals surface area contributed by atoms with E-state index < -0.39 is 18.4 Å². The normalized spacial score (nSPS) is 10.7. The van der Waals surface area contributed by atoms with Crippen LogP contribution in [-0.4, -0.2) is 39.7 Å². The number of rotatable bonds is 9. The summed E-state index contributed by atoms with van der Waals surface area (Å²) in [5.41, 5.74) is 3.59. The molecule has 7 nitrogen and oxygen atoms in total. The van der Waals surface area contributed by atoms with Gasteiger partial charge in [0, 0.05) is 11.1 Å². The molecule has 0 spiro atoms. The first-order valence-electron chi connectivity index (χ1n) is 12.3. The molecule has 0 unspecified atom stereocenters. The second-order valence-electron chi connectivity index (χ2n) is 8.55. The highest BCUT2D eigenvalue weighted by Gasteiger charge is 2.21. The van der Waals surface area contributed by atoms with Crippen molar-refractivity contribution in [3.63, 3.8) is 0 Å². The van der Waals surface area contributed by atoms with E-state index in [4.69, 9.17) is 9.47 Å². The fraction of sp³-hybridized carbons (Fsp3) is 0.0968. The standard InChI is InChI=1S/C31H24FN3O4/c1-2-38-27-18-16-26(17-19-27)35-30(24-12-14-25(32)15-13-24)33-29(34-35)31(37)39-20-28(36)23-10-8-22(9-11-23)21-6-4-3-5-7-21/h3-19H,2,20H2,1H3. The van der Waals surface area contributed by atoms with Gasteiger partial charge in [0.15, 0.2) is 18.2 Å². The highest BCUT2D eigenvalue weighted by Crippen LogP contribution is 2.24. The highest BCUT2D eigenvalue weighted by atomic mass is 19.1. The van der Waals surface area contributed by atoms with Crippen LogP contribution in [0.3, 0.4) is 0 Å². The first-order chi connectivity index (χ1) is 19.0. The fourth-order valence-corrected chi connectivity index (χ4v) is 3.97. The first kappa shape index (κ1) is 25.5. The van der Waals surface area contributed by atoms with E-state index in [0.717, 1.165) is 11.1 Å². The van der Waals surface area contributed by atoms with Crippen molar-refractivity contribution in [2.45, 2.75) is 6.92 Å². The van der Waals surface area contributed by atoms with Gasteiger partial charge in [0.2, 0.25) is 0 Å². The Kier molecular flexibility index (Phi) is 7.54. The van der Waals surface area contributed by atoms with E-state index in [1.54, 1.807) is 48.5 Å². The lowest BCUT2D eigenvalue weighted by atomic mass is 10.0. The fourth-order valence-electron chi connectivity index (χ4n) is 3.97. The van der Waals surface area contributed by atoms with Crippen molar-refractivity contribution >= 4 is 11.8 Å². The van der Waals surface area contributed by atoms with E-state index in [-0.39, 0.29) is 11.6 Å². The van der Waals surface area contributed by atoms with Crippen molar-refractivity contribution in [1.82, 2.24) is 14.8 Å². The minimum Gasteiger partial charge on any atom is -0.494 e. The zero-order valence-corrected chi connectivity index (χ0v) is 21.1. The second-order valence-corrected chi connectivity index (χ2v) is 8.55. The monoisotopic (exact) mass is 521 g/mol. The maximum absolute atomic E-state index is 13.5. The lowest BCUT2D eigenvalue weighted by Gasteiger charge is -2.08. The Labute approximate surface area is 224 Å². The van der Waals surface area contributed by atoms with E-state index in [2.05, 4.69) is 10.1 Å². The van der Waals surface area contributed by atoms with Gasteiger partial charge in [-0.1, -0.05) is 54.6 Å². The van der Waals surface area contributed by atoms with Gasteiger partial charge in [-0.2, -0.15) is 0 Å². The summed E-state index contributed by atoms with van der Waals surface area (Å²) in [7, 11) is 0. The molecule has 194 valence electrons. The van der Waals surface area contributed by atoms with Gasteiger partial charge in [0.05, 0.1) is 12.3 Å². The van der Waals surface area contributed by atoms with Gasteiger partial charge < -0.3 is 9.47 Å². The van der Waals surface area contributed by atoms with Crippen LogP contribution in [0.15, 0.2) is 103 Å². The largest absolute Gasteiger partial charge is 0.494 e. The zero-order valence-electron chi connectivity index (χ0n) is 21.1. The molecular formula is C31H24FN3O4. The summed E-state index contributed by atoms with van der Waals surface area (Å²) < 4.78 is 25.8. The molecule has 0 atom stereocenters. The van der Waals surface area contributed by atoms with Gasteiger partial charge >= 0.3 is 5.97 Å². The van der Waals surface area contributed by atoms with Gasteiger partial charge in [0.25, 0.3) is 5.82 Å². The Morgan fingerprint density at radius 1 is 0.795 bits per heavy atom. The van der Waals surface area contributed by atoms with E-state index in [1.807, 2.05) is 49.4 Å². The van der Waals surface area contributed by atoms with E-state index >= 15 is 0 Å². The van der Waals surface area contributed by atoms with Gasteiger partial charge in [-0.25, -0.2) is 18.9 Å². The smallest absolute Gasteiger partial charge is 0.378 e. The number of ketones is 1. The summed E-state index contributed by atoms with van der Waals surface area (Å²) in [6.45, 7) is 1.95. The van der Waals surface area contributed by atoms with Crippen LogP contribution >= 0.6 is 0 Å². The molecule has 0 amide bonds. The predicted molar refractivity (Wildman–Crippen MR) is 144 cm³/mol. The van der Waals surface area contributed by atoms with E-state index in [0.29, 0.717) is 35.0 Å². The van der Waals surface area contributed by atoms with Gasteiger partial charge in [-0.3, -0.25) is 4.79 Å². The topological polar surface area (TPSA) is 83.3 Å². The van der Waals surface area contributed by atoms with Crippen LogP contribution in [0, 0.1) is 5.82 Å². The third-order valence-corrected chi connectivity index (χ3v) is 5.93. The lowest BCUT2D eigenvalue weighted by Crippen LogP contribution is -2.15. The molecule has 5 aromatic rings. The number of hydrogen-bond acceptors (Lipinski definition) is 6. The van der Waals surface area contributed by atoms with Crippen molar-refractivity contribution in [1.29, 1.82) is 0 Å². The maximum Gasteiger partial charge on any atom is 0.378 e. The van der Waals surface area contributed by atoms with E-state index in [1.165, 1.54) is 16.8 Å². The summed E-state index contributed by atoms with van der Waals surface area (Å²) in [5.74, 6) is -0.838. The SMILES string of the molecule is CCOc1ccc(-n2nc(C(=O)OCC(=O)c3ccc(-c4ccccc4)cc3)nc2-c2ccc(F)cc2)cc1. The number of ether oxygens (including phenoxy) is 2. The van der Waals surface area contributed by atoms with Crippen molar-refractivity contribution in [3.05, 3.63) is 120 Å². The molecule has 0 aliphatic carbocycles.